The van der Waals surface area contributed by atoms with Gasteiger partial charge in [-0.25, -0.2) is 8.42 Å². The van der Waals surface area contributed by atoms with Crippen LogP contribution in [0.2, 0.25) is 0 Å². The van der Waals surface area contributed by atoms with E-state index in [0.29, 0.717) is 12.1 Å². The van der Waals surface area contributed by atoms with Gasteiger partial charge in [0.1, 0.15) is 12.6 Å². The highest BCUT2D eigenvalue weighted by atomic mass is 32.2. The number of carbonyl (C=O) groups is 2. The number of anilines is 1. The summed E-state index contributed by atoms with van der Waals surface area (Å²) in [6.45, 7) is 9.37. The Morgan fingerprint density at radius 3 is 2.12 bits per heavy atom. The van der Waals surface area contributed by atoms with E-state index in [9.17, 15) is 18.0 Å². The van der Waals surface area contributed by atoms with E-state index in [4.69, 9.17) is 0 Å². The molecule has 2 amide bonds. The first-order valence-electron chi connectivity index (χ1n) is 13.6. The Morgan fingerprint density at radius 1 is 0.875 bits per heavy atom. The number of hydrogen-bond donors (Lipinski definition) is 1. The molecule has 3 rings (SSSR count). The Hall–Kier alpha value is -3.65. The van der Waals surface area contributed by atoms with Crippen LogP contribution in [-0.4, -0.2) is 50.0 Å². The Morgan fingerprint density at radius 2 is 1.50 bits per heavy atom. The third-order valence-corrected chi connectivity index (χ3v) is 8.52. The zero-order valence-corrected chi connectivity index (χ0v) is 25.2. The van der Waals surface area contributed by atoms with Crippen LogP contribution in [0.25, 0.3) is 0 Å². The third kappa shape index (κ3) is 7.94. The molecule has 2 atom stereocenters. The molecule has 0 aliphatic rings. The van der Waals surface area contributed by atoms with E-state index in [-0.39, 0.29) is 18.5 Å². The number of sulfonamides is 1. The number of nitrogens with one attached hydrogen (secondary N) is 1. The van der Waals surface area contributed by atoms with Gasteiger partial charge in [-0.2, -0.15) is 0 Å². The first-order valence-corrected chi connectivity index (χ1v) is 15.5. The van der Waals surface area contributed by atoms with Crippen molar-refractivity contribution in [2.75, 3.05) is 17.1 Å². The standard InChI is InChI=1S/C32H41N3O4S/c1-7-25(4)33-32(37)30(20-27-16-9-8-10-17-27)34(21-28-18-12-11-14-24(28)3)31(36)22-35(40(6,38)39)29-19-13-15-23(2)26(29)5/h8-19,25,30H,7,20-22H2,1-6H3,(H,33,37)/t25-,30+/m1/s1. The van der Waals surface area contributed by atoms with Crippen molar-refractivity contribution < 1.29 is 18.0 Å². The second kappa shape index (κ2) is 13.6. The van der Waals surface area contributed by atoms with Crippen LogP contribution in [0.3, 0.4) is 0 Å². The molecule has 0 unspecified atom stereocenters. The second-order valence-corrected chi connectivity index (χ2v) is 12.4. The smallest absolute Gasteiger partial charge is 0.244 e. The molecule has 3 aromatic carbocycles. The first-order chi connectivity index (χ1) is 18.9. The van der Waals surface area contributed by atoms with E-state index < -0.39 is 28.5 Å². The summed E-state index contributed by atoms with van der Waals surface area (Å²) in [6.07, 6.45) is 2.14. The van der Waals surface area contributed by atoms with Crippen molar-refractivity contribution in [2.45, 2.75) is 66.1 Å². The molecule has 1 N–H and O–H groups in total. The number of rotatable bonds is 12. The maximum Gasteiger partial charge on any atom is 0.244 e. The van der Waals surface area contributed by atoms with Crippen molar-refractivity contribution in [3.05, 3.63) is 101 Å². The van der Waals surface area contributed by atoms with Crippen LogP contribution in [0.15, 0.2) is 72.8 Å². The Kier molecular flexibility index (Phi) is 10.5. The van der Waals surface area contributed by atoms with Gasteiger partial charge < -0.3 is 10.2 Å². The van der Waals surface area contributed by atoms with Crippen molar-refractivity contribution in [3.8, 4) is 0 Å². The van der Waals surface area contributed by atoms with Crippen LogP contribution < -0.4 is 9.62 Å². The summed E-state index contributed by atoms with van der Waals surface area (Å²) >= 11 is 0. The van der Waals surface area contributed by atoms with E-state index in [2.05, 4.69) is 5.32 Å². The van der Waals surface area contributed by atoms with Crippen LogP contribution in [0.1, 0.15) is 48.1 Å². The molecular formula is C32H41N3O4S. The van der Waals surface area contributed by atoms with Crippen molar-refractivity contribution in [1.82, 2.24) is 10.2 Å². The maximum atomic E-state index is 14.2. The first kappa shape index (κ1) is 30.9. The SMILES string of the molecule is CC[C@@H](C)NC(=O)[C@H](Cc1ccccc1)N(Cc1ccccc1C)C(=O)CN(c1cccc(C)c1C)S(C)(=O)=O. The average molecular weight is 564 g/mol. The quantitative estimate of drug-likeness (QED) is 0.339. The fourth-order valence-electron chi connectivity index (χ4n) is 4.57. The normalized spacial score (nSPS) is 12.8. The Labute approximate surface area is 239 Å². The van der Waals surface area contributed by atoms with Crippen LogP contribution in [0, 0.1) is 20.8 Å². The number of benzene rings is 3. The lowest BCUT2D eigenvalue weighted by molar-refractivity contribution is -0.140. The van der Waals surface area contributed by atoms with Crippen LogP contribution in [-0.2, 0) is 32.6 Å². The summed E-state index contributed by atoms with van der Waals surface area (Å²) in [7, 11) is -3.81. The zero-order chi connectivity index (χ0) is 29.4. The lowest BCUT2D eigenvalue weighted by atomic mass is 10.0. The molecule has 0 aliphatic carbocycles. The highest BCUT2D eigenvalue weighted by Crippen LogP contribution is 2.26. The van der Waals surface area contributed by atoms with Gasteiger partial charge in [0.05, 0.1) is 11.9 Å². The highest BCUT2D eigenvalue weighted by molar-refractivity contribution is 7.92. The average Bonchev–Trinajstić information content (AvgIpc) is 2.91. The summed E-state index contributed by atoms with van der Waals surface area (Å²) in [5, 5.41) is 3.05. The summed E-state index contributed by atoms with van der Waals surface area (Å²) in [4.78, 5) is 29.5. The minimum atomic E-state index is -3.81. The highest BCUT2D eigenvalue weighted by Gasteiger charge is 2.34. The fourth-order valence-corrected chi connectivity index (χ4v) is 5.47. The molecule has 0 fully saturated rings. The molecule has 0 heterocycles. The van der Waals surface area contributed by atoms with Gasteiger partial charge in [0, 0.05) is 19.0 Å². The monoisotopic (exact) mass is 563 g/mol. The largest absolute Gasteiger partial charge is 0.352 e. The Bertz CT molecular complexity index is 1420. The van der Waals surface area contributed by atoms with Gasteiger partial charge in [-0.05, 0) is 68.0 Å². The Balaban J connectivity index is 2.10. The number of hydrogen-bond acceptors (Lipinski definition) is 4. The van der Waals surface area contributed by atoms with Crippen molar-refractivity contribution in [3.63, 3.8) is 0 Å². The van der Waals surface area contributed by atoms with Gasteiger partial charge in [0.25, 0.3) is 0 Å². The topological polar surface area (TPSA) is 86.8 Å². The molecule has 0 spiro atoms. The molecule has 3 aromatic rings. The fraction of sp³-hybridized carbons (Fsp3) is 0.375. The van der Waals surface area contributed by atoms with Crippen molar-refractivity contribution >= 4 is 27.5 Å². The second-order valence-electron chi connectivity index (χ2n) is 10.5. The van der Waals surface area contributed by atoms with Gasteiger partial charge in [-0.1, -0.05) is 73.7 Å². The molecule has 0 aromatic heterocycles. The molecule has 0 saturated carbocycles. The molecule has 0 aliphatic heterocycles. The summed E-state index contributed by atoms with van der Waals surface area (Å²) in [5.74, 6) is -0.715. The van der Waals surface area contributed by atoms with Gasteiger partial charge in [-0.3, -0.25) is 13.9 Å². The molecule has 8 heteroatoms. The molecule has 214 valence electrons. The van der Waals surface area contributed by atoms with Crippen LogP contribution in [0.5, 0.6) is 0 Å². The van der Waals surface area contributed by atoms with Gasteiger partial charge in [0.15, 0.2) is 0 Å². The minimum Gasteiger partial charge on any atom is -0.352 e. The van der Waals surface area contributed by atoms with E-state index >= 15 is 0 Å². The van der Waals surface area contributed by atoms with E-state index in [1.54, 1.807) is 12.1 Å². The molecule has 0 bridgehead atoms. The van der Waals surface area contributed by atoms with E-state index in [1.165, 1.54) is 4.90 Å². The van der Waals surface area contributed by atoms with Gasteiger partial charge in [-0.15, -0.1) is 0 Å². The number of nitrogens with zero attached hydrogens (tertiary/aromatic N) is 2. The number of aryl methyl sites for hydroxylation is 2. The molecule has 0 radical (unpaired) electrons. The van der Waals surface area contributed by atoms with Crippen molar-refractivity contribution in [1.29, 1.82) is 0 Å². The minimum absolute atomic E-state index is 0.0800. The van der Waals surface area contributed by atoms with E-state index in [1.807, 2.05) is 95.3 Å². The summed E-state index contributed by atoms with van der Waals surface area (Å²) in [6, 6.07) is 21.7. The number of carbonyl (C=O) groups excluding carboxylic acids is 2. The van der Waals surface area contributed by atoms with Crippen LogP contribution in [0.4, 0.5) is 5.69 Å². The molecule has 0 saturated heterocycles. The van der Waals surface area contributed by atoms with Crippen molar-refractivity contribution in [2.24, 2.45) is 0 Å². The number of amides is 2. The van der Waals surface area contributed by atoms with Crippen LogP contribution >= 0.6 is 0 Å². The third-order valence-electron chi connectivity index (χ3n) is 7.40. The van der Waals surface area contributed by atoms with E-state index in [0.717, 1.165) is 44.8 Å². The van der Waals surface area contributed by atoms with Gasteiger partial charge >= 0.3 is 0 Å². The molecule has 40 heavy (non-hydrogen) atoms. The molecule has 7 nitrogen and oxygen atoms in total. The molecular weight excluding hydrogens is 522 g/mol. The summed E-state index contributed by atoms with van der Waals surface area (Å²) < 4.78 is 27.2. The zero-order valence-electron chi connectivity index (χ0n) is 24.3. The predicted molar refractivity (Wildman–Crippen MR) is 162 cm³/mol. The predicted octanol–water partition coefficient (Wildman–Crippen LogP) is 4.93. The summed E-state index contributed by atoms with van der Waals surface area (Å²) in [5.41, 5.74) is 4.93. The maximum absolute atomic E-state index is 14.2. The lowest BCUT2D eigenvalue weighted by Crippen LogP contribution is -2.54. The lowest BCUT2D eigenvalue weighted by Gasteiger charge is -2.34. The van der Waals surface area contributed by atoms with Gasteiger partial charge in [0.2, 0.25) is 21.8 Å².